The number of hydrazone groups is 1. The van der Waals surface area contributed by atoms with Crippen LogP contribution in [0.3, 0.4) is 0 Å². The maximum Gasteiger partial charge on any atom is 0.416 e. The minimum atomic E-state index is -4.53. The van der Waals surface area contributed by atoms with Crippen LogP contribution >= 0.6 is 0 Å². The Morgan fingerprint density at radius 3 is 2.50 bits per heavy atom. The fraction of sp³-hybridized carbons (Fsp3) is 0.111. The van der Waals surface area contributed by atoms with Crippen molar-refractivity contribution in [3.8, 4) is 11.5 Å². The second kappa shape index (κ2) is 6.21. The number of nitrogens with zero attached hydrogens (tertiary/aromatic N) is 2. The van der Waals surface area contributed by atoms with Crippen molar-refractivity contribution >= 4 is 23.4 Å². The van der Waals surface area contributed by atoms with Gasteiger partial charge >= 0.3 is 6.18 Å². The zero-order chi connectivity index (χ0) is 19.1. The molecule has 0 radical (unpaired) electrons. The van der Waals surface area contributed by atoms with Crippen molar-refractivity contribution in [2.75, 3.05) is 5.01 Å². The van der Waals surface area contributed by atoms with Crippen molar-refractivity contribution in [1.29, 1.82) is 0 Å². The molecule has 0 atom stereocenters. The molecule has 1 aliphatic heterocycles. The Labute approximate surface area is 146 Å². The molecule has 2 N–H and O–H groups in total. The second-order valence-electron chi connectivity index (χ2n) is 5.65. The third kappa shape index (κ3) is 3.26. The number of halogens is 3. The van der Waals surface area contributed by atoms with Gasteiger partial charge in [-0.2, -0.15) is 23.3 Å². The molecule has 0 spiro atoms. The largest absolute Gasteiger partial charge is 0.508 e. The lowest BCUT2D eigenvalue weighted by Gasteiger charge is -2.14. The monoisotopic (exact) mass is 362 g/mol. The van der Waals surface area contributed by atoms with E-state index in [0.717, 1.165) is 23.2 Å². The molecule has 1 heterocycles. The van der Waals surface area contributed by atoms with Crippen LogP contribution < -0.4 is 5.01 Å². The van der Waals surface area contributed by atoms with Crippen molar-refractivity contribution in [2.24, 2.45) is 5.10 Å². The average Bonchev–Trinajstić information content (AvgIpc) is 2.84. The Bertz CT molecular complexity index is 949. The molecule has 5 nitrogen and oxygen atoms in total. The summed E-state index contributed by atoms with van der Waals surface area (Å²) in [7, 11) is 0. The Morgan fingerprint density at radius 2 is 1.85 bits per heavy atom. The van der Waals surface area contributed by atoms with E-state index in [1.165, 1.54) is 37.3 Å². The number of anilines is 1. The Balaban J connectivity index is 1.97. The molecule has 0 saturated heterocycles. The Morgan fingerprint density at radius 1 is 1.12 bits per heavy atom. The van der Waals surface area contributed by atoms with Gasteiger partial charge in [-0.1, -0.05) is 6.07 Å². The van der Waals surface area contributed by atoms with Crippen LogP contribution in [0.2, 0.25) is 0 Å². The molecule has 26 heavy (non-hydrogen) atoms. The fourth-order valence-corrected chi connectivity index (χ4v) is 2.48. The van der Waals surface area contributed by atoms with E-state index >= 15 is 0 Å². The Hall–Kier alpha value is -3.29. The van der Waals surface area contributed by atoms with Gasteiger partial charge in [0.2, 0.25) is 0 Å². The van der Waals surface area contributed by atoms with Gasteiger partial charge in [0, 0.05) is 11.6 Å². The highest BCUT2D eigenvalue weighted by Crippen LogP contribution is 2.34. The van der Waals surface area contributed by atoms with E-state index in [4.69, 9.17) is 0 Å². The quantitative estimate of drug-likeness (QED) is 0.796. The summed E-state index contributed by atoms with van der Waals surface area (Å²) in [6.07, 6.45) is -3.17. The van der Waals surface area contributed by atoms with Gasteiger partial charge in [0.15, 0.2) is 0 Å². The molecule has 3 rings (SSSR count). The Kier molecular flexibility index (Phi) is 4.19. The van der Waals surface area contributed by atoms with Crippen LogP contribution in [0, 0.1) is 0 Å². The van der Waals surface area contributed by atoms with E-state index in [1.807, 2.05) is 0 Å². The molecule has 0 aromatic heterocycles. The zero-order valence-corrected chi connectivity index (χ0v) is 13.4. The van der Waals surface area contributed by atoms with Crippen molar-refractivity contribution in [3.05, 3.63) is 59.2 Å². The topological polar surface area (TPSA) is 73.1 Å². The van der Waals surface area contributed by atoms with Crippen LogP contribution in [0.15, 0.2) is 53.1 Å². The number of aromatic hydroxyl groups is 2. The van der Waals surface area contributed by atoms with E-state index in [1.54, 1.807) is 0 Å². The van der Waals surface area contributed by atoms with Crippen molar-refractivity contribution < 1.29 is 28.2 Å². The smallest absolute Gasteiger partial charge is 0.416 e. The first kappa shape index (κ1) is 17.5. The third-order valence-electron chi connectivity index (χ3n) is 3.79. The van der Waals surface area contributed by atoms with Crippen LogP contribution in [-0.4, -0.2) is 21.8 Å². The molecule has 0 saturated carbocycles. The van der Waals surface area contributed by atoms with Crippen LogP contribution in [-0.2, 0) is 11.0 Å². The van der Waals surface area contributed by atoms with Gasteiger partial charge in [0.25, 0.3) is 5.91 Å². The van der Waals surface area contributed by atoms with Gasteiger partial charge in [0.1, 0.15) is 11.5 Å². The molecule has 2 aromatic carbocycles. The number of carbonyl (C=O) groups is 1. The number of hydrogen-bond acceptors (Lipinski definition) is 4. The van der Waals surface area contributed by atoms with Gasteiger partial charge in [-0.25, -0.2) is 0 Å². The van der Waals surface area contributed by atoms with Gasteiger partial charge in [-0.15, -0.1) is 0 Å². The standard InChI is InChI=1S/C18H13F3N2O3/c1-10-15(7-11-5-6-14(24)9-16(11)25)17(26)23(22-10)13-4-2-3-12(8-13)18(19,20)21/h2-9,24-25H,1H3. The summed E-state index contributed by atoms with van der Waals surface area (Å²) in [5, 5.41) is 24.1. The first-order chi connectivity index (χ1) is 12.2. The number of phenolic OH excluding ortho intramolecular Hbond substituents is 2. The first-order valence-corrected chi connectivity index (χ1v) is 7.48. The summed E-state index contributed by atoms with van der Waals surface area (Å²) in [5.74, 6) is -0.997. The van der Waals surface area contributed by atoms with Gasteiger partial charge in [-0.05, 0) is 43.3 Å². The molecule has 0 aliphatic carbocycles. The zero-order valence-electron chi connectivity index (χ0n) is 13.4. The van der Waals surface area contributed by atoms with E-state index in [-0.39, 0.29) is 28.3 Å². The summed E-state index contributed by atoms with van der Waals surface area (Å²) < 4.78 is 38.6. The summed E-state index contributed by atoms with van der Waals surface area (Å²) in [6, 6.07) is 8.16. The predicted molar refractivity (Wildman–Crippen MR) is 89.8 cm³/mol. The highest BCUT2D eigenvalue weighted by Gasteiger charge is 2.33. The maximum absolute atomic E-state index is 12.9. The number of benzene rings is 2. The lowest BCUT2D eigenvalue weighted by molar-refractivity contribution is -0.137. The fourth-order valence-electron chi connectivity index (χ4n) is 2.48. The number of carbonyl (C=O) groups excluding carboxylic acids is 1. The summed E-state index contributed by atoms with van der Waals surface area (Å²) >= 11 is 0. The number of hydrogen-bond donors (Lipinski definition) is 2. The number of rotatable bonds is 2. The second-order valence-corrected chi connectivity index (χ2v) is 5.65. The number of alkyl halides is 3. The van der Waals surface area contributed by atoms with Crippen LogP contribution in [0.1, 0.15) is 18.1 Å². The van der Waals surface area contributed by atoms with Crippen LogP contribution in [0.25, 0.3) is 6.08 Å². The van der Waals surface area contributed by atoms with E-state index in [2.05, 4.69) is 5.10 Å². The van der Waals surface area contributed by atoms with Crippen molar-refractivity contribution in [1.82, 2.24) is 0 Å². The van der Waals surface area contributed by atoms with E-state index in [0.29, 0.717) is 5.71 Å². The maximum atomic E-state index is 12.9. The normalized spacial score (nSPS) is 16.3. The van der Waals surface area contributed by atoms with Gasteiger partial charge in [-0.3, -0.25) is 4.79 Å². The van der Waals surface area contributed by atoms with Crippen LogP contribution in [0.4, 0.5) is 18.9 Å². The highest BCUT2D eigenvalue weighted by atomic mass is 19.4. The molecule has 1 amide bonds. The van der Waals surface area contributed by atoms with Crippen molar-refractivity contribution in [2.45, 2.75) is 13.1 Å². The molecule has 1 aliphatic rings. The molecular weight excluding hydrogens is 349 g/mol. The minimum Gasteiger partial charge on any atom is -0.508 e. The number of phenols is 2. The molecule has 0 bridgehead atoms. The summed E-state index contributed by atoms with van der Waals surface area (Å²) in [4.78, 5) is 12.6. The molecule has 0 unspecified atom stereocenters. The summed E-state index contributed by atoms with van der Waals surface area (Å²) in [6.45, 7) is 1.54. The predicted octanol–water partition coefficient (Wildman–Crippen LogP) is 3.92. The van der Waals surface area contributed by atoms with Crippen molar-refractivity contribution in [3.63, 3.8) is 0 Å². The molecule has 134 valence electrons. The molecule has 2 aromatic rings. The SMILES string of the molecule is CC1=NN(c2cccc(C(F)(F)F)c2)C(=O)C1=Cc1ccc(O)cc1O. The van der Waals surface area contributed by atoms with E-state index < -0.39 is 17.6 Å². The average molecular weight is 362 g/mol. The lowest BCUT2D eigenvalue weighted by Crippen LogP contribution is -2.21. The van der Waals surface area contributed by atoms with Gasteiger partial charge in [0.05, 0.1) is 22.5 Å². The first-order valence-electron chi connectivity index (χ1n) is 7.48. The molecule has 8 heteroatoms. The number of amides is 1. The summed E-state index contributed by atoms with van der Waals surface area (Å²) in [5.41, 5.74) is -0.207. The lowest BCUT2D eigenvalue weighted by atomic mass is 10.1. The molecular formula is C18H13F3N2O3. The third-order valence-corrected chi connectivity index (χ3v) is 3.79. The minimum absolute atomic E-state index is 0.0116. The molecule has 0 fully saturated rings. The van der Waals surface area contributed by atoms with Crippen LogP contribution in [0.5, 0.6) is 11.5 Å². The van der Waals surface area contributed by atoms with E-state index in [9.17, 15) is 28.2 Å². The van der Waals surface area contributed by atoms with Gasteiger partial charge < -0.3 is 10.2 Å². The highest BCUT2D eigenvalue weighted by molar-refractivity contribution is 6.32.